The Morgan fingerprint density at radius 3 is 2.24 bits per heavy atom. The average molecular weight is 360 g/mol. The first-order valence-electron chi connectivity index (χ1n) is 8.43. The first-order chi connectivity index (χ1) is 11.6. The van der Waals surface area contributed by atoms with E-state index in [0.29, 0.717) is 16.5 Å². The Morgan fingerprint density at radius 2 is 1.72 bits per heavy atom. The summed E-state index contributed by atoms with van der Waals surface area (Å²) < 4.78 is 5.76. The number of nitrogens with one attached hydrogen (secondary N) is 1. The third-order valence-corrected chi connectivity index (χ3v) is 4.38. The molecule has 4 heteroatoms. The van der Waals surface area contributed by atoms with Crippen molar-refractivity contribution in [2.24, 2.45) is 0 Å². The van der Waals surface area contributed by atoms with E-state index in [1.54, 1.807) is 6.92 Å². The Kier molecular flexibility index (Phi) is 5.79. The molecule has 0 aliphatic heterocycles. The van der Waals surface area contributed by atoms with Gasteiger partial charge in [-0.25, -0.2) is 0 Å². The number of carbonyl (C=O) groups excluding carboxylic acids is 1. The SMILES string of the molecule is Cc1cc(C)c(NC(=O)C(C)Oc2ccc(C(C)(C)C)cc2)c(Cl)c1. The van der Waals surface area contributed by atoms with Gasteiger partial charge in [0, 0.05) is 0 Å². The Morgan fingerprint density at radius 1 is 1.12 bits per heavy atom. The second-order valence-electron chi connectivity index (χ2n) is 7.46. The number of carbonyl (C=O) groups is 1. The quantitative estimate of drug-likeness (QED) is 0.764. The van der Waals surface area contributed by atoms with E-state index in [0.717, 1.165) is 11.1 Å². The molecule has 0 aliphatic carbocycles. The van der Waals surface area contributed by atoms with Crippen molar-refractivity contribution in [3.63, 3.8) is 0 Å². The lowest BCUT2D eigenvalue weighted by Gasteiger charge is -2.20. The molecule has 134 valence electrons. The monoisotopic (exact) mass is 359 g/mol. The Hall–Kier alpha value is -2.00. The van der Waals surface area contributed by atoms with Gasteiger partial charge in [-0.15, -0.1) is 0 Å². The summed E-state index contributed by atoms with van der Waals surface area (Å²) in [6.07, 6.45) is -0.628. The minimum absolute atomic E-state index is 0.0846. The molecule has 2 rings (SSSR count). The maximum Gasteiger partial charge on any atom is 0.265 e. The molecule has 1 unspecified atom stereocenters. The number of ether oxygens (including phenoxy) is 1. The Bertz CT molecular complexity index is 737. The van der Waals surface area contributed by atoms with Gasteiger partial charge in [0.2, 0.25) is 0 Å². The topological polar surface area (TPSA) is 38.3 Å². The molecular formula is C21H26ClNO2. The number of aryl methyl sites for hydroxylation is 2. The zero-order valence-corrected chi connectivity index (χ0v) is 16.5. The highest BCUT2D eigenvalue weighted by atomic mass is 35.5. The van der Waals surface area contributed by atoms with E-state index < -0.39 is 6.10 Å². The lowest BCUT2D eigenvalue weighted by Crippen LogP contribution is -2.30. The molecule has 0 aliphatic rings. The highest BCUT2D eigenvalue weighted by Crippen LogP contribution is 2.28. The van der Waals surface area contributed by atoms with Crippen LogP contribution in [0.4, 0.5) is 5.69 Å². The van der Waals surface area contributed by atoms with Gasteiger partial charge in [-0.2, -0.15) is 0 Å². The fraction of sp³-hybridized carbons (Fsp3) is 0.381. The molecule has 1 amide bonds. The smallest absolute Gasteiger partial charge is 0.265 e. The van der Waals surface area contributed by atoms with Crippen molar-refractivity contribution in [3.05, 3.63) is 58.1 Å². The second-order valence-corrected chi connectivity index (χ2v) is 7.87. The highest BCUT2D eigenvalue weighted by Gasteiger charge is 2.18. The normalized spacial score (nSPS) is 12.6. The van der Waals surface area contributed by atoms with Gasteiger partial charge in [0.25, 0.3) is 5.91 Å². The van der Waals surface area contributed by atoms with E-state index in [2.05, 4.69) is 26.1 Å². The van der Waals surface area contributed by atoms with Crippen molar-refractivity contribution in [1.82, 2.24) is 0 Å². The number of benzene rings is 2. The van der Waals surface area contributed by atoms with Crippen LogP contribution in [0.2, 0.25) is 5.02 Å². The Balaban J connectivity index is 2.06. The summed E-state index contributed by atoms with van der Waals surface area (Å²) in [5.74, 6) is 0.441. The molecule has 0 radical (unpaired) electrons. The third kappa shape index (κ3) is 4.99. The van der Waals surface area contributed by atoms with E-state index >= 15 is 0 Å². The molecule has 25 heavy (non-hydrogen) atoms. The van der Waals surface area contributed by atoms with Gasteiger partial charge >= 0.3 is 0 Å². The summed E-state index contributed by atoms with van der Waals surface area (Å²) in [6, 6.07) is 11.7. The van der Waals surface area contributed by atoms with Gasteiger partial charge in [0.15, 0.2) is 6.10 Å². The summed E-state index contributed by atoms with van der Waals surface area (Å²) in [6.45, 7) is 12.1. The van der Waals surface area contributed by atoms with Crippen LogP contribution in [0.1, 0.15) is 44.4 Å². The van der Waals surface area contributed by atoms with Gasteiger partial charge in [0.1, 0.15) is 5.75 Å². The van der Waals surface area contributed by atoms with Crippen LogP contribution in [-0.4, -0.2) is 12.0 Å². The van der Waals surface area contributed by atoms with Crippen LogP contribution in [0.25, 0.3) is 0 Å². The van der Waals surface area contributed by atoms with Crippen molar-refractivity contribution in [2.45, 2.75) is 53.1 Å². The fourth-order valence-corrected chi connectivity index (χ4v) is 2.96. The average Bonchev–Trinajstić information content (AvgIpc) is 2.50. The molecule has 2 aromatic carbocycles. The number of halogens is 1. The molecule has 3 nitrogen and oxygen atoms in total. The van der Waals surface area contributed by atoms with Crippen LogP contribution in [0.3, 0.4) is 0 Å². The van der Waals surface area contributed by atoms with E-state index in [9.17, 15) is 4.79 Å². The van der Waals surface area contributed by atoms with E-state index in [1.165, 1.54) is 5.56 Å². The molecule has 2 aromatic rings. The summed E-state index contributed by atoms with van der Waals surface area (Å²) in [5, 5.41) is 3.40. The van der Waals surface area contributed by atoms with Gasteiger partial charge in [0.05, 0.1) is 10.7 Å². The molecule has 0 fully saturated rings. The summed E-state index contributed by atoms with van der Waals surface area (Å²) in [4.78, 5) is 12.4. The van der Waals surface area contributed by atoms with Gasteiger partial charge < -0.3 is 10.1 Å². The van der Waals surface area contributed by atoms with Crippen LogP contribution >= 0.6 is 11.6 Å². The second kappa shape index (κ2) is 7.49. The highest BCUT2D eigenvalue weighted by molar-refractivity contribution is 6.34. The maximum atomic E-state index is 12.4. The molecule has 0 saturated heterocycles. The van der Waals surface area contributed by atoms with E-state index in [-0.39, 0.29) is 11.3 Å². The molecule has 0 bridgehead atoms. The van der Waals surface area contributed by atoms with Crippen LogP contribution < -0.4 is 10.1 Å². The Labute approximate surface area is 155 Å². The standard InChI is InChI=1S/C21H26ClNO2/c1-13-11-14(2)19(18(22)12-13)23-20(24)15(3)25-17-9-7-16(8-10-17)21(4,5)6/h7-12,15H,1-6H3,(H,23,24). The predicted octanol–water partition coefficient (Wildman–Crippen LogP) is 5.66. The number of anilines is 1. The van der Waals surface area contributed by atoms with Crippen LogP contribution in [0, 0.1) is 13.8 Å². The molecule has 0 aromatic heterocycles. The van der Waals surface area contributed by atoms with E-state index in [1.807, 2.05) is 50.2 Å². The first-order valence-corrected chi connectivity index (χ1v) is 8.80. The third-order valence-electron chi connectivity index (χ3n) is 4.08. The molecule has 0 saturated carbocycles. The maximum absolute atomic E-state index is 12.4. The van der Waals surface area contributed by atoms with Gasteiger partial charge in [-0.05, 0) is 61.1 Å². The van der Waals surface area contributed by atoms with Crippen molar-refractivity contribution in [1.29, 1.82) is 0 Å². The van der Waals surface area contributed by atoms with Crippen LogP contribution in [-0.2, 0) is 10.2 Å². The zero-order valence-electron chi connectivity index (χ0n) is 15.7. The molecule has 1 atom stereocenters. The summed E-state index contributed by atoms with van der Waals surface area (Å²) in [5.41, 5.74) is 3.93. The minimum atomic E-state index is -0.628. The van der Waals surface area contributed by atoms with Crippen molar-refractivity contribution < 1.29 is 9.53 Å². The van der Waals surface area contributed by atoms with Crippen molar-refractivity contribution in [3.8, 4) is 5.75 Å². The molecule has 0 heterocycles. The molecular weight excluding hydrogens is 334 g/mol. The number of rotatable bonds is 4. The van der Waals surface area contributed by atoms with Crippen molar-refractivity contribution in [2.75, 3.05) is 5.32 Å². The van der Waals surface area contributed by atoms with E-state index in [4.69, 9.17) is 16.3 Å². The zero-order chi connectivity index (χ0) is 18.8. The fourth-order valence-electron chi connectivity index (χ4n) is 2.59. The van der Waals surface area contributed by atoms with Crippen molar-refractivity contribution >= 4 is 23.2 Å². The summed E-state index contributed by atoms with van der Waals surface area (Å²) >= 11 is 6.25. The predicted molar refractivity (Wildman–Crippen MR) is 105 cm³/mol. The van der Waals surface area contributed by atoms with Gasteiger partial charge in [-0.1, -0.05) is 50.6 Å². The number of hydrogen-bond donors (Lipinski definition) is 1. The molecule has 0 spiro atoms. The lowest BCUT2D eigenvalue weighted by atomic mass is 9.87. The lowest BCUT2D eigenvalue weighted by molar-refractivity contribution is -0.122. The largest absolute Gasteiger partial charge is 0.481 e. The number of amides is 1. The first kappa shape index (κ1) is 19.3. The van der Waals surface area contributed by atoms with Crippen LogP contribution in [0.15, 0.2) is 36.4 Å². The number of hydrogen-bond acceptors (Lipinski definition) is 2. The summed E-state index contributed by atoms with van der Waals surface area (Å²) in [7, 11) is 0. The van der Waals surface area contributed by atoms with Crippen LogP contribution in [0.5, 0.6) is 5.75 Å². The molecule has 1 N–H and O–H groups in total. The van der Waals surface area contributed by atoms with Gasteiger partial charge in [-0.3, -0.25) is 4.79 Å². The minimum Gasteiger partial charge on any atom is -0.481 e.